The maximum absolute atomic E-state index is 6.84. The van der Waals surface area contributed by atoms with E-state index >= 15 is 0 Å². The topological polar surface area (TPSA) is 51.8 Å². The number of aromatic nitrogens is 3. The Bertz CT molecular complexity index is 3370. The summed E-state index contributed by atoms with van der Waals surface area (Å²) in [6.45, 7) is 0. The van der Waals surface area contributed by atoms with Crippen LogP contribution in [0.2, 0.25) is 0 Å². The summed E-state index contributed by atoms with van der Waals surface area (Å²) < 4.78 is 9.37. The molecule has 0 bridgehead atoms. The number of benzene rings is 7. The zero-order valence-corrected chi connectivity index (χ0v) is 32.3. The maximum atomic E-state index is 6.84. The molecule has 0 spiro atoms. The van der Waals surface area contributed by atoms with E-state index in [4.69, 9.17) is 19.4 Å². The quantitative estimate of drug-likeness (QED) is 0.175. The first-order valence-electron chi connectivity index (χ1n) is 20.0. The number of hydrogen-bond donors (Lipinski definition) is 0. The van der Waals surface area contributed by atoms with Crippen LogP contribution in [0.1, 0.15) is 36.1 Å². The fourth-order valence-corrected chi connectivity index (χ4v) is 10.3. The molecule has 2 aliphatic rings. The molecule has 10 aromatic rings. The van der Waals surface area contributed by atoms with Gasteiger partial charge < -0.3 is 4.42 Å². The molecule has 0 N–H and O–H groups in total. The van der Waals surface area contributed by atoms with E-state index in [1.54, 1.807) is 0 Å². The third kappa shape index (κ3) is 5.46. The Morgan fingerprint density at radius 1 is 0.517 bits per heavy atom. The SMILES string of the molecule is C1=CC(c2nc(-c3ccc4ccccc4c3)nc(-c3ccc(-c4cccc5c4sc4ccccc45)c4oc5ccccc5c34)n2)CC2=C1CC(c1ccccc1)C=C2. The van der Waals surface area contributed by atoms with Crippen LogP contribution in [0.15, 0.2) is 192 Å². The fraction of sp³-hybridized carbons (Fsp3) is 0.0755. The smallest absolute Gasteiger partial charge is 0.164 e. The van der Waals surface area contributed by atoms with Crippen molar-refractivity contribution in [3.63, 3.8) is 0 Å². The van der Waals surface area contributed by atoms with Crippen LogP contribution in [0.3, 0.4) is 0 Å². The summed E-state index contributed by atoms with van der Waals surface area (Å²) in [5.41, 5.74) is 9.90. The molecule has 12 rings (SSSR count). The lowest BCUT2D eigenvalue weighted by Crippen LogP contribution is -2.13. The van der Waals surface area contributed by atoms with Crippen LogP contribution in [-0.2, 0) is 0 Å². The second kappa shape index (κ2) is 13.3. The summed E-state index contributed by atoms with van der Waals surface area (Å²) in [7, 11) is 0. The van der Waals surface area contributed by atoms with E-state index in [0.717, 1.165) is 68.2 Å². The van der Waals surface area contributed by atoms with Crippen LogP contribution in [0, 0.1) is 0 Å². The molecule has 274 valence electrons. The van der Waals surface area contributed by atoms with Crippen molar-refractivity contribution in [2.45, 2.75) is 24.7 Å². The van der Waals surface area contributed by atoms with Gasteiger partial charge in [-0.2, -0.15) is 0 Å². The van der Waals surface area contributed by atoms with Crippen molar-refractivity contribution in [3.05, 3.63) is 198 Å². The van der Waals surface area contributed by atoms with Gasteiger partial charge >= 0.3 is 0 Å². The lowest BCUT2D eigenvalue weighted by molar-refractivity contribution is 0.670. The van der Waals surface area contributed by atoms with Gasteiger partial charge in [0.05, 0.1) is 0 Å². The molecule has 58 heavy (non-hydrogen) atoms. The third-order valence-corrected chi connectivity index (χ3v) is 13.3. The molecule has 7 aromatic carbocycles. The van der Waals surface area contributed by atoms with Crippen LogP contribution in [0.25, 0.3) is 86.8 Å². The molecule has 0 amide bonds. The summed E-state index contributed by atoms with van der Waals surface area (Å²) >= 11 is 1.83. The molecule has 3 aromatic heterocycles. The molecule has 2 aliphatic carbocycles. The number of nitrogens with zero attached hydrogens (tertiary/aromatic N) is 3. The molecule has 0 saturated heterocycles. The van der Waals surface area contributed by atoms with Gasteiger partial charge in [-0.1, -0.05) is 146 Å². The zero-order valence-electron chi connectivity index (χ0n) is 31.5. The van der Waals surface area contributed by atoms with Gasteiger partial charge in [0.1, 0.15) is 17.0 Å². The van der Waals surface area contributed by atoms with E-state index in [9.17, 15) is 0 Å². The van der Waals surface area contributed by atoms with Crippen molar-refractivity contribution in [1.82, 2.24) is 15.0 Å². The lowest BCUT2D eigenvalue weighted by atomic mass is 9.79. The summed E-state index contributed by atoms with van der Waals surface area (Å²) in [6.07, 6.45) is 11.2. The Morgan fingerprint density at radius 3 is 2.12 bits per heavy atom. The van der Waals surface area contributed by atoms with Crippen molar-refractivity contribution in [2.24, 2.45) is 0 Å². The highest BCUT2D eigenvalue weighted by molar-refractivity contribution is 7.26. The average Bonchev–Trinajstić information content (AvgIpc) is 3.88. The second-order valence-electron chi connectivity index (χ2n) is 15.4. The number of fused-ring (bicyclic) bond motifs is 7. The molecule has 0 saturated carbocycles. The lowest BCUT2D eigenvalue weighted by Gasteiger charge is -2.26. The predicted molar refractivity (Wildman–Crippen MR) is 240 cm³/mol. The van der Waals surface area contributed by atoms with Crippen LogP contribution in [0.5, 0.6) is 0 Å². The molecular weight excluding hydrogens is 727 g/mol. The van der Waals surface area contributed by atoms with Crippen molar-refractivity contribution < 1.29 is 4.42 Å². The van der Waals surface area contributed by atoms with Crippen molar-refractivity contribution in [3.8, 4) is 33.9 Å². The highest BCUT2D eigenvalue weighted by Gasteiger charge is 2.27. The van der Waals surface area contributed by atoms with Crippen LogP contribution in [-0.4, -0.2) is 15.0 Å². The normalized spacial score (nSPS) is 16.6. The molecule has 3 heterocycles. The van der Waals surface area contributed by atoms with Crippen LogP contribution >= 0.6 is 11.3 Å². The second-order valence-corrected chi connectivity index (χ2v) is 16.5. The molecule has 0 aliphatic heterocycles. The van der Waals surface area contributed by atoms with Gasteiger partial charge in [-0.3, -0.25) is 0 Å². The Morgan fingerprint density at radius 2 is 1.22 bits per heavy atom. The third-order valence-electron chi connectivity index (χ3n) is 12.0. The van der Waals surface area contributed by atoms with E-state index in [2.05, 4.69) is 170 Å². The zero-order chi connectivity index (χ0) is 38.2. The van der Waals surface area contributed by atoms with Crippen molar-refractivity contribution >= 4 is 64.2 Å². The summed E-state index contributed by atoms with van der Waals surface area (Å²) in [5, 5.41) is 6.93. The summed E-state index contributed by atoms with van der Waals surface area (Å²) in [4.78, 5) is 15.9. The highest BCUT2D eigenvalue weighted by Crippen LogP contribution is 2.46. The number of para-hydroxylation sites is 1. The van der Waals surface area contributed by atoms with E-state index in [1.165, 1.54) is 42.3 Å². The minimum atomic E-state index is -0.000877. The molecule has 2 unspecified atom stereocenters. The highest BCUT2D eigenvalue weighted by atomic mass is 32.1. The molecule has 2 atom stereocenters. The van der Waals surface area contributed by atoms with Crippen molar-refractivity contribution in [1.29, 1.82) is 0 Å². The van der Waals surface area contributed by atoms with E-state index in [0.29, 0.717) is 17.6 Å². The number of allylic oxidation sites excluding steroid dienone is 6. The van der Waals surface area contributed by atoms with Gasteiger partial charge in [-0.05, 0) is 70.7 Å². The van der Waals surface area contributed by atoms with Gasteiger partial charge in [0.15, 0.2) is 11.6 Å². The van der Waals surface area contributed by atoms with Crippen LogP contribution in [0.4, 0.5) is 0 Å². The fourth-order valence-electron chi connectivity index (χ4n) is 9.12. The molecule has 5 heteroatoms. The standard InChI is InChI=1S/C53H35N3OS/c1-2-11-32(12-3-1)35-22-23-37-31-39(26-24-36(37)29-35)52-54-51(38-25-21-33-13-4-5-14-34(33)30-38)55-53(56-52)45-28-27-41(49-48(45)44-16-6-8-19-46(44)57-49)43-18-10-17-42-40-15-7-9-20-47(40)58-50(42)43/h1-28,30,35,39H,29,31H2. The van der Waals surface area contributed by atoms with Gasteiger partial charge in [-0.25, -0.2) is 15.0 Å². The Kier molecular flexibility index (Phi) is 7.63. The number of furan rings is 1. The minimum Gasteiger partial charge on any atom is -0.455 e. The Hall–Kier alpha value is -6.95. The van der Waals surface area contributed by atoms with Gasteiger partial charge in [0.25, 0.3) is 0 Å². The summed E-state index contributed by atoms with van der Waals surface area (Å²) in [5.74, 6) is 2.47. The monoisotopic (exact) mass is 761 g/mol. The summed E-state index contributed by atoms with van der Waals surface area (Å²) in [6, 6.07) is 53.7. The first-order chi connectivity index (χ1) is 28.7. The van der Waals surface area contributed by atoms with Crippen molar-refractivity contribution in [2.75, 3.05) is 0 Å². The Balaban J connectivity index is 1.03. The van der Waals surface area contributed by atoms with E-state index in [1.807, 2.05) is 17.4 Å². The van der Waals surface area contributed by atoms with Gasteiger partial charge in [-0.15, -0.1) is 11.3 Å². The average molecular weight is 762 g/mol. The first kappa shape index (κ1) is 33.2. The van der Waals surface area contributed by atoms with Gasteiger partial charge in [0.2, 0.25) is 0 Å². The van der Waals surface area contributed by atoms with E-state index in [-0.39, 0.29) is 5.92 Å². The first-order valence-corrected chi connectivity index (χ1v) is 20.8. The van der Waals surface area contributed by atoms with Gasteiger partial charge in [0, 0.05) is 65.0 Å². The number of hydrogen-bond acceptors (Lipinski definition) is 5. The molecule has 4 nitrogen and oxygen atoms in total. The van der Waals surface area contributed by atoms with E-state index < -0.39 is 0 Å². The van der Waals surface area contributed by atoms with Crippen LogP contribution < -0.4 is 0 Å². The molecular formula is C53H35N3OS. The molecule has 0 radical (unpaired) electrons. The minimum absolute atomic E-state index is 0.000877. The predicted octanol–water partition coefficient (Wildman–Crippen LogP) is 14.4. The maximum Gasteiger partial charge on any atom is 0.164 e. The number of thiophene rings is 1. The number of rotatable bonds is 5. The molecule has 0 fully saturated rings. The Labute approximate surface area is 339 Å². The largest absolute Gasteiger partial charge is 0.455 e.